The van der Waals surface area contributed by atoms with Gasteiger partial charge in [0.25, 0.3) is 0 Å². The third-order valence-electron chi connectivity index (χ3n) is 6.93. The van der Waals surface area contributed by atoms with Crippen molar-refractivity contribution in [3.05, 3.63) is 42.5 Å². The second-order valence-corrected chi connectivity index (χ2v) is 17.0. The van der Waals surface area contributed by atoms with Crippen LogP contribution in [0.1, 0.15) is 73.8 Å². The van der Waals surface area contributed by atoms with Crippen molar-refractivity contribution in [3.8, 4) is 11.5 Å². The molecule has 1 rings (SSSR count). The van der Waals surface area contributed by atoms with Crippen LogP contribution in [-0.4, -0.2) is 32.9 Å². The highest BCUT2D eigenvalue weighted by atomic mass is 32.2. The molecule has 0 aliphatic heterocycles. The normalized spacial score (nSPS) is 13.1. The maximum atomic E-state index is 13.7. The summed E-state index contributed by atoms with van der Waals surface area (Å²) in [5, 5.41) is 0. The lowest BCUT2D eigenvalue weighted by atomic mass is 9.94. The maximum Gasteiger partial charge on any atom is 0.244 e. The molecule has 0 unspecified atom stereocenters. The van der Waals surface area contributed by atoms with Gasteiger partial charge >= 0.3 is 0 Å². The predicted molar refractivity (Wildman–Crippen MR) is 137 cm³/mol. The number of nitrogens with zero attached hydrogens (tertiary/aromatic N) is 1. The van der Waals surface area contributed by atoms with Crippen molar-refractivity contribution in [1.29, 1.82) is 0 Å². The predicted octanol–water partition coefficient (Wildman–Crippen LogP) is 6.95. The van der Waals surface area contributed by atoms with Crippen LogP contribution in [0.15, 0.2) is 41.8 Å². The molecule has 0 heterocycles. The Hall–Kier alpha value is -1.35. The summed E-state index contributed by atoms with van der Waals surface area (Å²) in [6.45, 7) is 23.8. The zero-order valence-corrected chi connectivity index (χ0v) is 22.9. The van der Waals surface area contributed by atoms with Crippen molar-refractivity contribution < 1.29 is 8.42 Å². The second-order valence-electron chi connectivity index (χ2n) is 9.52. The fourth-order valence-electron chi connectivity index (χ4n) is 4.96. The minimum absolute atomic E-state index is 0.242. The summed E-state index contributed by atoms with van der Waals surface area (Å²) in [5.74, 6) is 3.60. The van der Waals surface area contributed by atoms with E-state index in [0.29, 0.717) is 34.4 Å². The lowest BCUT2D eigenvalue weighted by Gasteiger charge is -2.41. The molecule has 0 fully saturated rings. The van der Waals surface area contributed by atoms with Gasteiger partial charge in [0.15, 0.2) is 0 Å². The Morgan fingerprint density at radius 1 is 1.00 bits per heavy atom. The minimum Gasteiger partial charge on any atom is -0.207 e. The van der Waals surface area contributed by atoms with Crippen molar-refractivity contribution in [1.82, 2.24) is 4.31 Å². The first-order valence-corrected chi connectivity index (χ1v) is 15.3. The van der Waals surface area contributed by atoms with Gasteiger partial charge in [-0.2, -0.15) is 4.31 Å². The highest BCUT2D eigenvalue weighted by Gasteiger charge is 2.44. The number of hydrogen-bond acceptors (Lipinski definition) is 2. The zero-order valence-electron chi connectivity index (χ0n) is 21.1. The van der Waals surface area contributed by atoms with E-state index in [1.807, 2.05) is 32.9 Å². The highest BCUT2D eigenvalue weighted by Crippen LogP contribution is 2.41. The fraction of sp³-hybridized carbons (Fsp3) is 0.615. The van der Waals surface area contributed by atoms with Crippen LogP contribution in [0.5, 0.6) is 0 Å². The molecular formula is C26H43NO2SSi. The molecule has 0 saturated carbocycles. The van der Waals surface area contributed by atoms with E-state index in [2.05, 4.69) is 59.6 Å². The molecule has 0 spiro atoms. The number of benzene rings is 1. The van der Waals surface area contributed by atoms with E-state index in [1.54, 1.807) is 22.5 Å². The third-order valence-corrected chi connectivity index (χ3v) is 15.2. The number of hydrogen-bond donors (Lipinski definition) is 0. The lowest BCUT2D eigenvalue weighted by Crippen LogP contribution is -2.51. The molecule has 0 aliphatic carbocycles. The van der Waals surface area contributed by atoms with E-state index in [9.17, 15) is 8.42 Å². The van der Waals surface area contributed by atoms with E-state index in [1.165, 1.54) is 0 Å². The molecule has 0 aromatic heterocycles. The molecule has 0 amide bonds. The Kier molecular flexibility index (Phi) is 9.81. The van der Waals surface area contributed by atoms with E-state index >= 15 is 0 Å². The van der Waals surface area contributed by atoms with E-state index in [-0.39, 0.29) is 6.54 Å². The topological polar surface area (TPSA) is 37.4 Å². The Morgan fingerprint density at radius 2 is 1.45 bits per heavy atom. The van der Waals surface area contributed by atoms with Gasteiger partial charge in [-0.3, -0.25) is 0 Å². The van der Waals surface area contributed by atoms with Crippen molar-refractivity contribution in [2.75, 3.05) is 6.54 Å². The van der Waals surface area contributed by atoms with Crippen LogP contribution in [-0.2, 0) is 10.0 Å². The molecule has 0 saturated heterocycles. The van der Waals surface area contributed by atoms with Crippen LogP contribution in [0.2, 0.25) is 16.6 Å². The van der Waals surface area contributed by atoms with Crippen molar-refractivity contribution >= 4 is 18.1 Å². The Labute approximate surface area is 193 Å². The molecule has 3 nitrogen and oxygen atoms in total. The summed E-state index contributed by atoms with van der Waals surface area (Å²) < 4.78 is 29.1. The number of sulfonamides is 1. The Balaban J connectivity index is 3.76. The van der Waals surface area contributed by atoms with Gasteiger partial charge < -0.3 is 0 Å². The first kappa shape index (κ1) is 27.7. The zero-order chi connectivity index (χ0) is 24.0. The SMILES string of the molecule is C=CCN(C(C#C[Si](C(C)C)(C(C)C)C(C)C)(CC)CC)S(=O)(=O)c1ccc(C)cc1. The standard InChI is InChI=1S/C26H43NO2SSi/c1-11-19-27(30(28,29)25-16-14-24(10)15-17-25)26(12-2,13-3)18-20-31(21(4)5,22(6)7)23(8)9/h11,14-17,21-23H,1,12-13,19H2,2-10H3. The van der Waals surface area contributed by atoms with Gasteiger partial charge in [0.2, 0.25) is 10.0 Å². The molecule has 1 aromatic rings. The highest BCUT2D eigenvalue weighted by molar-refractivity contribution is 7.89. The minimum atomic E-state index is -3.72. The van der Waals surface area contributed by atoms with Gasteiger partial charge in [-0.25, -0.2) is 8.42 Å². The van der Waals surface area contributed by atoms with Gasteiger partial charge in [-0.05, 0) is 48.5 Å². The quantitative estimate of drug-likeness (QED) is 0.215. The van der Waals surface area contributed by atoms with Crippen LogP contribution >= 0.6 is 0 Å². The number of aryl methyl sites for hydroxylation is 1. The fourth-order valence-corrected chi connectivity index (χ4v) is 12.1. The van der Waals surface area contributed by atoms with Crippen LogP contribution in [0.3, 0.4) is 0 Å². The summed E-state index contributed by atoms with van der Waals surface area (Å²) in [7, 11) is -5.71. The molecule has 5 heteroatoms. The second kappa shape index (κ2) is 11.0. The van der Waals surface area contributed by atoms with Gasteiger partial charge in [0.05, 0.1) is 10.4 Å². The van der Waals surface area contributed by atoms with Crippen LogP contribution in [0, 0.1) is 18.4 Å². The summed E-state index contributed by atoms with van der Waals surface area (Å²) >= 11 is 0. The molecule has 0 N–H and O–H groups in total. The molecule has 0 atom stereocenters. The Morgan fingerprint density at radius 3 is 1.81 bits per heavy atom. The van der Waals surface area contributed by atoms with E-state index < -0.39 is 23.6 Å². The van der Waals surface area contributed by atoms with Crippen molar-refractivity contribution in [2.45, 2.75) is 102 Å². The first-order chi connectivity index (χ1) is 14.4. The molecule has 1 aromatic carbocycles. The first-order valence-electron chi connectivity index (χ1n) is 11.6. The molecular weight excluding hydrogens is 418 g/mol. The van der Waals surface area contributed by atoms with Crippen LogP contribution in [0.25, 0.3) is 0 Å². The molecule has 0 bridgehead atoms. The molecule has 174 valence electrons. The summed E-state index contributed by atoms with van der Waals surface area (Å²) in [5.41, 5.74) is 5.55. The third kappa shape index (κ3) is 5.53. The lowest BCUT2D eigenvalue weighted by molar-refractivity contribution is 0.253. The van der Waals surface area contributed by atoms with Gasteiger partial charge in [-0.15, -0.1) is 12.1 Å². The van der Waals surface area contributed by atoms with Crippen LogP contribution < -0.4 is 0 Å². The maximum absolute atomic E-state index is 13.7. The van der Waals surface area contributed by atoms with Gasteiger partial charge in [0.1, 0.15) is 8.07 Å². The van der Waals surface area contributed by atoms with E-state index in [4.69, 9.17) is 0 Å². The van der Waals surface area contributed by atoms with Crippen LogP contribution in [0.4, 0.5) is 0 Å². The largest absolute Gasteiger partial charge is 0.244 e. The number of rotatable bonds is 10. The summed E-state index contributed by atoms with van der Waals surface area (Å²) in [6, 6.07) is 7.08. The monoisotopic (exact) mass is 461 g/mol. The summed E-state index contributed by atoms with van der Waals surface area (Å²) in [4.78, 5) is 0.313. The Bertz CT molecular complexity index is 864. The van der Waals surface area contributed by atoms with Crippen molar-refractivity contribution in [3.63, 3.8) is 0 Å². The summed E-state index contributed by atoms with van der Waals surface area (Å²) in [6.07, 6.45) is 2.94. The smallest absolute Gasteiger partial charge is 0.207 e. The molecule has 31 heavy (non-hydrogen) atoms. The van der Waals surface area contributed by atoms with Gasteiger partial charge in [0, 0.05) is 6.54 Å². The molecule has 0 aliphatic rings. The molecule has 0 radical (unpaired) electrons. The van der Waals surface area contributed by atoms with Crippen molar-refractivity contribution in [2.24, 2.45) is 0 Å². The average Bonchev–Trinajstić information content (AvgIpc) is 2.69. The van der Waals surface area contributed by atoms with Gasteiger partial charge in [-0.1, -0.05) is 85.1 Å². The van der Waals surface area contributed by atoms with E-state index in [0.717, 1.165) is 5.56 Å². The average molecular weight is 462 g/mol.